The minimum Gasteiger partial charge on any atom is -0.493 e. The molecule has 0 atom stereocenters. The second-order valence-corrected chi connectivity index (χ2v) is 6.55. The van der Waals surface area contributed by atoms with Gasteiger partial charge in [-0.25, -0.2) is 4.79 Å². The number of amides is 1. The number of methoxy groups -OCH3 is 1. The van der Waals surface area contributed by atoms with Gasteiger partial charge in [0.15, 0.2) is 16.7 Å². The van der Waals surface area contributed by atoms with Crippen LogP contribution in [0, 0.1) is 15.5 Å². The molecule has 0 unspecified atom stereocenters. The van der Waals surface area contributed by atoms with Gasteiger partial charge in [-0.2, -0.15) is 0 Å². The van der Waals surface area contributed by atoms with Crippen molar-refractivity contribution in [3.8, 4) is 11.5 Å². The van der Waals surface area contributed by atoms with Crippen LogP contribution < -0.4 is 14.8 Å². The van der Waals surface area contributed by atoms with Crippen LogP contribution in [0.5, 0.6) is 11.5 Å². The minimum absolute atomic E-state index is 0.0278. The number of nitro groups is 1. The summed E-state index contributed by atoms with van der Waals surface area (Å²) in [7, 11) is 1.39. The summed E-state index contributed by atoms with van der Waals surface area (Å²) in [6, 6.07) is 9.87. The lowest BCUT2D eigenvalue weighted by molar-refractivity contribution is -0.384. The zero-order valence-corrected chi connectivity index (χ0v) is 15.2. The highest BCUT2D eigenvalue weighted by Crippen LogP contribution is 2.32. The maximum Gasteiger partial charge on any atom is 0.343 e. The van der Waals surface area contributed by atoms with Gasteiger partial charge in [0.1, 0.15) is 0 Å². The van der Waals surface area contributed by atoms with Crippen LogP contribution >= 0.6 is 11.8 Å². The third-order valence-electron chi connectivity index (χ3n) is 3.64. The molecule has 1 saturated heterocycles. The van der Waals surface area contributed by atoms with Crippen molar-refractivity contribution in [2.45, 2.75) is 0 Å². The summed E-state index contributed by atoms with van der Waals surface area (Å²) in [5.74, 6) is -0.772. The quantitative estimate of drug-likeness (QED) is 0.260. The second-order valence-electron chi connectivity index (χ2n) is 5.50. The van der Waals surface area contributed by atoms with E-state index in [1.54, 1.807) is 18.2 Å². The first-order valence-electron chi connectivity index (χ1n) is 7.81. The largest absolute Gasteiger partial charge is 0.493 e. The lowest BCUT2D eigenvalue weighted by atomic mass is 10.1. The van der Waals surface area contributed by atoms with Crippen LogP contribution in [0.4, 0.5) is 5.69 Å². The fourth-order valence-corrected chi connectivity index (χ4v) is 3.06. The van der Waals surface area contributed by atoms with Crippen LogP contribution in [0.1, 0.15) is 15.9 Å². The van der Waals surface area contributed by atoms with E-state index in [1.165, 1.54) is 31.4 Å². The van der Waals surface area contributed by atoms with E-state index in [1.807, 2.05) is 0 Å². The van der Waals surface area contributed by atoms with Crippen LogP contribution in [0.15, 0.2) is 47.4 Å². The van der Waals surface area contributed by atoms with Crippen molar-refractivity contribution < 1.29 is 24.0 Å². The molecule has 2 aromatic carbocycles. The number of ether oxygens (including phenoxy) is 2. The van der Waals surface area contributed by atoms with Gasteiger partial charge in [0, 0.05) is 12.1 Å². The fraction of sp³-hybridized carbons (Fsp3) is 0.0556. The molecule has 0 radical (unpaired) electrons. The predicted octanol–water partition coefficient (Wildman–Crippen LogP) is 2.96. The highest BCUT2D eigenvalue weighted by molar-refractivity contribution is 8.18. The third-order valence-corrected chi connectivity index (χ3v) is 4.47. The first-order chi connectivity index (χ1) is 13.4. The Morgan fingerprint density at radius 1 is 1.25 bits per heavy atom. The topological polar surface area (TPSA) is 132 Å². The molecule has 0 aliphatic carbocycles. The Bertz CT molecular complexity index is 1030. The van der Waals surface area contributed by atoms with E-state index in [0.29, 0.717) is 10.5 Å². The number of carbonyl (C=O) groups is 2. The summed E-state index contributed by atoms with van der Waals surface area (Å²) < 4.78 is 10.5. The Labute approximate surface area is 163 Å². The number of thioether (sulfide) groups is 1. The van der Waals surface area contributed by atoms with Gasteiger partial charge in [-0.05, 0) is 41.6 Å². The standard InChI is InChI=1S/C18H13N3O6S/c1-26-14-7-10(8-15-16(22)20-18(19)28-15)5-6-13(14)27-17(23)11-3-2-4-12(9-11)21(24)25/h2-9H,1H3,(H2,19,20,22). The number of benzene rings is 2. The molecule has 1 amide bonds. The minimum atomic E-state index is -0.771. The molecule has 1 aliphatic rings. The van der Waals surface area contributed by atoms with E-state index in [0.717, 1.165) is 17.8 Å². The molecule has 1 fully saturated rings. The first kappa shape index (κ1) is 19.1. The van der Waals surface area contributed by atoms with Gasteiger partial charge in [0.25, 0.3) is 11.6 Å². The molecule has 9 nitrogen and oxygen atoms in total. The Hall–Kier alpha value is -3.66. The highest BCUT2D eigenvalue weighted by Gasteiger charge is 2.22. The Kier molecular flexibility index (Phi) is 5.41. The summed E-state index contributed by atoms with van der Waals surface area (Å²) in [6.07, 6.45) is 1.58. The lowest BCUT2D eigenvalue weighted by Gasteiger charge is -2.10. The predicted molar refractivity (Wildman–Crippen MR) is 102 cm³/mol. The molecular formula is C18H13N3O6S. The SMILES string of the molecule is COc1cc(C=C2SC(=N)NC2=O)ccc1OC(=O)c1cccc([N+](=O)[O-])c1. The number of non-ortho nitro benzene ring substituents is 1. The molecule has 2 aromatic rings. The molecule has 3 rings (SSSR count). The number of rotatable bonds is 5. The summed E-state index contributed by atoms with van der Waals surface area (Å²) >= 11 is 1.00. The maximum absolute atomic E-state index is 12.3. The number of esters is 1. The van der Waals surface area contributed by atoms with Crippen molar-refractivity contribution in [1.82, 2.24) is 5.32 Å². The number of hydrogen-bond donors (Lipinski definition) is 2. The molecule has 0 bridgehead atoms. The van der Waals surface area contributed by atoms with Crippen molar-refractivity contribution in [2.24, 2.45) is 0 Å². The summed E-state index contributed by atoms with van der Waals surface area (Å²) in [6.45, 7) is 0. The van der Waals surface area contributed by atoms with Crippen LogP contribution in [-0.4, -0.2) is 29.1 Å². The maximum atomic E-state index is 12.3. The van der Waals surface area contributed by atoms with Crippen molar-refractivity contribution in [3.63, 3.8) is 0 Å². The highest BCUT2D eigenvalue weighted by atomic mass is 32.2. The molecule has 10 heteroatoms. The van der Waals surface area contributed by atoms with Crippen molar-refractivity contribution in [2.75, 3.05) is 7.11 Å². The zero-order chi connectivity index (χ0) is 20.3. The number of carbonyl (C=O) groups excluding carboxylic acids is 2. The molecule has 2 N–H and O–H groups in total. The van der Waals surface area contributed by atoms with Crippen molar-refractivity contribution >= 4 is 40.6 Å². The average Bonchev–Trinajstić information content (AvgIpc) is 2.99. The van der Waals surface area contributed by atoms with E-state index in [2.05, 4.69) is 5.32 Å². The van der Waals surface area contributed by atoms with Crippen LogP contribution in [0.2, 0.25) is 0 Å². The fourth-order valence-electron chi connectivity index (χ4n) is 2.36. The van der Waals surface area contributed by atoms with E-state index in [-0.39, 0.29) is 33.8 Å². The number of nitrogens with zero attached hydrogens (tertiary/aromatic N) is 1. The van der Waals surface area contributed by atoms with Gasteiger partial charge in [-0.1, -0.05) is 12.1 Å². The molecular weight excluding hydrogens is 386 g/mol. The normalized spacial score (nSPS) is 14.7. The summed E-state index contributed by atoms with van der Waals surface area (Å²) in [4.78, 5) is 34.6. The first-order valence-corrected chi connectivity index (χ1v) is 8.63. The van der Waals surface area contributed by atoms with Gasteiger partial charge in [-0.15, -0.1) is 0 Å². The van der Waals surface area contributed by atoms with E-state index >= 15 is 0 Å². The number of nitrogens with one attached hydrogen (secondary N) is 2. The number of nitro benzene ring substituents is 1. The molecule has 0 spiro atoms. The molecule has 28 heavy (non-hydrogen) atoms. The van der Waals surface area contributed by atoms with Gasteiger partial charge in [-0.3, -0.25) is 20.3 Å². The Balaban J connectivity index is 1.83. The molecule has 1 heterocycles. The van der Waals surface area contributed by atoms with Crippen molar-refractivity contribution in [1.29, 1.82) is 5.41 Å². The Morgan fingerprint density at radius 3 is 2.68 bits per heavy atom. The summed E-state index contributed by atoms with van der Waals surface area (Å²) in [5, 5.41) is 20.7. The molecule has 0 aromatic heterocycles. The van der Waals surface area contributed by atoms with Gasteiger partial charge in [0.2, 0.25) is 0 Å². The monoisotopic (exact) mass is 399 g/mol. The molecule has 0 saturated carbocycles. The molecule has 142 valence electrons. The van der Waals surface area contributed by atoms with Gasteiger partial charge < -0.3 is 14.8 Å². The third kappa shape index (κ3) is 4.18. The Morgan fingerprint density at radius 2 is 2.04 bits per heavy atom. The van der Waals surface area contributed by atoms with Gasteiger partial charge >= 0.3 is 5.97 Å². The van der Waals surface area contributed by atoms with E-state index in [4.69, 9.17) is 14.9 Å². The second kappa shape index (κ2) is 7.92. The average molecular weight is 399 g/mol. The van der Waals surface area contributed by atoms with Crippen molar-refractivity contribution in [3.05, 3.63) is 68.6 Å². The smallest absolute Gasteiger partial charge is 0.343 e. The van der Waals surface area contributed by atoms with Crippen LogP contribution in [-0.2, 0) is 4.79 Å². The summed E-state index contributed by atoms with van der Waals surface area (Å²) in [5.41, 5.74) is 0.417. The number of amidine groups is 1. The zero-order valence-electron chi connectivity index (χ0n) is 14.4. The molecule has 1 aliphatic heterocycles. The lowest BCUT2D eigenvalue weighted by Crippen LogP contribution is -2.18. The van der Waals surface area contributed by atoms with Gasteiger partial charge in [0.05, 0.1) is 22.5 Å². The van der Waals surface area contributed by atoms with Crippen LogP contribution in [0.25, 0.3) is 6.08 Å². The van der Waals surface area contributed by atoms with E-state index < -0.39 is 10.9 Å². The number of hydrogen-bond acceptors (Lipinski definition) is 8. The van der Waals surface area contributed by atoms with E-state index in [9.17, 15) is 19.7 Å². The van der Waals surface area contributed by atoms with Crippen LogP contribution in [0.3, 0.4) is 0 Å².